The Morgan fingerprint density at radius 1 is 1.44 bits per heavy atom. The van der Waals surface area contributed by atoms with Crippen LogP contribution in [0.2, 0.25) is 0 Å². The minimum absolute atomic E-state index is 0.337. The smallest absolute Gasteiger partial charge is 0.422 e. The van der Waals surface area contributed by atoms with E-state index in [2.05, 4.69) is 4.74 Å². The number of nitrogens with zero attached hydrogens (tertiary/aromatic N) is 1. The number of aliphatic hydroxyl groups excluding tert-OH is 1. The largest absolute Gasteiger partial charge is 0.446 e. The van der Waals surface area contributed by atoms with Gasteiger partial charge in [0.15, 0.2) is 0 Å². The molecule has 7 nitrogen and oxygen atoms in total. The van der Waals surface area contributed by atoms with Crippen molar-refractivity contribution >= 4 is 16.3 Å². The van der Waals surface area contributed by atoms with Gasteiger partial charge in [-0.2, -0.15) is 12.7 Å². The third kappa shape index (κ3) is 4.77. The monoisotopic (exact) mass is 254 g/mol. The Kier molecular flexibility index (Phi) is 5.70. The maximum absolute atomic E-state index is 11.5. The highest BCUT2D eigenvalue weighted by molar-refractivity contribution is 7.87. The van der Waals surface area contributed by atoms with E-state index < -0.39 is 28.4 Å². The van der Waals surface area contributed by atoms with Gasteiger partial charge in [-0.3, -0.25) is 0 Å². The van der Waals surface area contributed by atoms with E-state index in [0.29, 0.717) is 0 Å². The first-order chi connectivity index (χ1) is 7.20. The molecule has 1 unspecified atom stereocenters. The van der Waals surface area contributed by atoms with Crippen molar-refractivity contribution in [2.75, 3.05) is 13.7 Å². The van der Waals surface area contributed by atoms with E-state index >= 15 is 0 Å². The van der Waals surface area contributed by atoms with Crippen LogP contribution >= 0.6 is 0 Å². The van der Waals surface area contributed by atoms with Gasteiger partial charge in [0.2, 0.25) is 0 Å². The summed E-state index contributed by atoms with van der Waals surface area (Å²) in [5.74, 6) is 0. The molecule has 1 atom stereocenters. The molecule has 0 aliphatic rings. The van der Waals surface area contributed by atoms with Crippen LogP contribution in [0.25, 0.3) is 0 Å². The van der Waals surface area contributed by atoms with Crippen molar-refractivity contribution in [3.8, 4) is 0 Å². The normalized spacial score (nSPS) is 13.9. The summed E-state index contributed by atoms with van der Waals surface area (Å²) in [5, 5.41) is 8.80. The molecule has 0 fully saturated rings. The van der Waals surface area contributed by atoms with Crippen molar-refractivity contribution in [1.29, 1.82) is 0 Å². The summed E-state index contributed by atoms with van der Waals surface area (Å²) in [6.45, 7) is 4.38. The molecule has 0 aromatic carbocycles. The average molecular weight is 254 g/mol. The Balaban J connectivity index is 4.52. The lowest BCUT2D eigenvalue weighted by Crippen LogP contribution is -2.46. The minimum atomic E-state index is -3.97. The number of aliphatic hydroxyl groups is 1. The fraction of sp³-hybridized carbons (Fsp3) is 0.875. The number of nitrogens with one attached hydrogen (secondary N) is 1. The molecule has 0 heterocycles. The van der Waals surface area contributed by atoms with Gasteiger partial charge in [0.1, 0.15) is 0 Å². The number of rotatable bonds is 5. The van der Waals surface area contributed by atoms with Crippen molar-refractivity contribution in [3.63, 3.8) is 0 Å². The van der Waals surface area contributed by atoms with Gasteiger partial charge in [-0.25, -0.2) is 9.52 Å². The second kappa shape index (κ2) is 6.02. The zero-order valence-electron chi connectivity index (χ0n) is 9.80. The van der Waals surface area contributed by atoms with Gasteiger partial charge in [0, 0.05) is 13.1 Å². The summed E-state index contributed by atoms with van der Waals surface area (Å²) in [6.07, 6.45) is -1.44. The van der Waals surface area contributed by atoms with E-state index in [1.807, 2.05) is 0 Å². The zero-order valence-corrected chi connectivity index (χ0v) is 10.6. The maximum Gasteiger partial charge on any atom is 0.422 e. The number of carbonyl (C=O) groups excluding carboxylic acids is 1. The van der Waals surface area contributed by atoms with E-state index in [1.54, 1.807) is 18.6 Å². The van der Waals surface area contributed by atoms with Crippen LogP contribution in [0.3, 0.4) is 0 Å². The predicted octanol–water partition coefficient (Wildman–Crippen LogP) is -0.322. The van der Waals surface area contributed by atoms with Crippen LogP contribution in [-0.4, -0.2) is 49.7 Å². The van der Waals surface area contributed by atoms with Crippen LogP contribution in [0.15, 0.2) is 0 Å². The summed E-state index contributed by atoms with van der Waals surface area (Å²) in [4.78, 5) is 11.1. The highest BCUT2D eigenvalue weighted by atomic mass is 32.2. The third-order valence-electron chi connectivity index (χ3n) is 1.82. The fourth-order valence-electron chi connectivity index (χ4n) is 0.767. The zero-order chi connectivity index (χ0) is 12.9. The fourth-order valence-corrected chi connectivity index (χ4v) is 1.71. The third-order valence-corrected chi connectivity index (χ3v) is 3.36. The molecule has 2 N–H and O–H groups in total. The van der Waals surface area contributed by atoms with Gasteiger partial charge in [-0.05, 0) is 20.8 Å². The number of carbonyl (C=O) groups is 1. The van der Waals surface area contributed by atoms with E-state index in [1.165, 1.54) is 14.0 Å². The summed E-state index contributed by atoms with van der Waals surface area (Å²) >= 11 is 0. The van der Waals surface area contributed by atoms with Gasteiger partial charge >= 0.3 is 16.3 Å². The summed E-state index contributed by atoms with van der Waals surface area (Å²) in [7, 11) is -2.71. The second-order valence-corrected chi connectivity index (χ2v) is 5.34. The molecule has 96 valence electrons. The second-order valence-electron chi connectivity index (χ2n) is 3.61. The molecule has 0 aromatic heterocycles. The molecule has 8 heteroatoms. The van der Waals surface area contributed by atoms with Gasteiger partial charge in [-0.15, -0.1) is 0 Å². The van der Waals surface area contributed by atoms with E-state index in [0.717, 1.165) is 4.31 Å². The van der Waals surface area contributed by atoms with Crippen LogP contribution in [-0.2, 0) is 14.9 Å². The first-order valence-electron chi connectivity index (χ1n) is 4.78. The molecule has 16 heavy (non-hydrogen) atoms. The number of ether oxygens (including phenoxy) is 1. The Bertz CT molecular complexity index is 327. The van der Waals surface area contributed by atoms with Crippen LogP contribution in [0.1, 0.15) is 20.8 Å². The molecule has 0 rings (SSSR count). The number of amides is 1. The number of hydrogen-bond acceptors (Lipinski definition) is 5. The average Bonchev–Trinajstić information content (AvgIpc) is 2.13. The number of likely N-dealkylation sites (N-methyl/N-ethyl adjacent to an activating group) is 1. The van der Waals surface area contributed by atoms with Crippen molar-refractivity contribution < 1.29 is 23.1 Å². The van der Waals surface area contributed by atoms with Gasteiger partial charge in [0.05, 0.1) is 12.7 Å². The van der Waals surface area contributed by atoms with Crippen molar-refractivity contribution in [2.24, 2.45) is 0 Å². The highest BCUT2D eigenvalue weighted by Gasteiger charge is 2.25. The van der Waals surface area contributed by atoms with Crippen molar-refractivity contribution in [2.45, 2.75) is 32.9 Å². The van der Waals surface area contributed by atoms with E-state index in [9.17, 15) is 13.2 Å². The van der Waals surface area contributed by atoms with E-state index in [4.69, 9.17) is 5.11 Å². The molecule has 0 spiro atoms. The van der Waals surface area contributed by atoms with Crippen molar-refractivity contribution in [1.82, 2.24) is 9.03 Å². The first-order valence-corrected chi connectivity index (χ1v) is 6.22. The number of hydrogen-bond donors (Lipinski definition) is 2. The Hall–Kier alpha value is -0.860. The maximum atomic E-state index is 11.5. The predicted molar refractivity (Wildman–Crippen MR) is 58.0 cm³/mol. The molecule has 0 aliphatic carbocycles. The van der Waals surface area contributed by atoms with E-state index in [-0.39, 0.29) is 6.61 Å². The SMILES string of the molecule is CC(C)OC(=O)NS(=O)(=O)N(C)C(C)CO. The van der Waals surface area contributed by atoms with Crippen LogP contribution < -0.4 is 4.72 Å². The van der Waals surface area contributed by atoms with Gasteiger partial charge in [0.25, 0.3) is 0 Å². The summed E-state index contributed by atoms with van der Waals surface area (Å²) in [5.41, 5.74) is 0. The molecular weight excluding hydrogens is 236 g/mol. The van der Waals surface area contributed by atoms with Crippen molar-refractivity contribution in [3.05, 3.63) is 0 Å². The molecular formula is C8H18N2O5S. The topological polar surface area (TPSA) is 95.9 Å². The molecule has 0 aromatic rings. The molecule has 0 aliphatic heterocycles. The Morgan fingerprint density at radius 2 is 1.94 bits per heavy atom. The molecule has 0 bridgehead atoms. The summed E-state index contributed by atoms with van der Waals surface area (Å²) < 4.78 is 30.3. The quantitative estimate of drug-likeness (QED) is 0.701. The lowest BCUT2D eigenvalue weighted by Gasteiger charge is -2.22. The molecule has 0 saturated carbocycles. The van der Waals surface area contributed by atoms with Crippen LogP contribution in [0.5, 0.6) is 0 Å². The lowest BCUT2D eigenvalue weighted by molar-refractivity contribution is 0.120. The Labute approximate surface area is 95.6 Å². The standard InChI is InChI=1S/C8H18N2O5S/c1-6(2)15-8(12)9-16(13,14)10(4)7(3)5-11/h6-7,11H,5H2,1-4H3,(H,9,12). The first kappa shape index (κ1) is 15.1. The molecule has 1 amide bonds. The van der Waals surface area contributed by atoms with Gasteiger partial charge < -0.3 is 9.84 Å². The highest BCUT2D eigenvalue weighted by Crippen LogP contribution is 2.01. The lowest BCUT2D eigenvalue weighted by atomic mass is 10.4. The molecule has 0 radical (unpaired) electrons. The van der Waals surface area contributed by atoms with Gasteiger partial charge in [-0.1, -0.05) is 0 Å². The van der Waals surface area contributed by atoms with Crippen LogP contribution in [0, 0.1) is 0 Å². The summed E-state index contributed by atoms with van der Waals surface area (Å²) in [6, 6.07) is -0.621. The Morgan fingerprint density at radius 3 is 2.31 bits per heavy atom. The van der Waals surface area contributed by atoms with Crippen LogP contribution in [0.4, 0.5) is 4.79 Å². The minimum Gasteiger partial charge on any atom is -0.446 e. The molecule has 0 saturated heterocycles.